The van der Waals surface area contributed by atoms with E-state index < -0.39 is 53.6 Å². The molecule has 14 nitrogen and oxygen atoms in total. The topological polar surface area (TPSA) is 187 Å². The van der Waals surface area contributed by atoms with E-state index in [0.717, 1.165) is 0 Å². The Labute approximate surface area is 239 Å². The Hall–Kier alpha value is -4.36. The van der Waals surface area contributed by atoms with Crippen molar-refractivity contribution in [3.63, 3.8) is 0 Å². The zero-order chi connectivity index (χ0) is 30.8. The highest BCUT2D eigenvalue weighted by Crippen LogP contribution is 2.08. The highest BCUT2D eigenvalue weighted by molar-refractivity contribution is 5.92. The fourth-order valence-electron chi connectivity index (χ4n) is 3.21. The summed E-state index contributed by atoms with van der Waals surface area (Å²) in [6.45, 7) is 8.31. The van der Waals surface area contributed by atoms with Crippen molar-refractivity contribution in [1.82, 2.24) is 21.5 Å². The second kappa shape index (κ2) is 18.1. The molecule has 0 saturated heterocycles. The zero-order valence-corrected chi connectivity index (χ0v) is 24.1. The van der Waals surface area contributed by atoms with E-state index in [-0.39, 0.29) is 45.5 Å². The Balaban J connectivity index is 2.97. The first-order valence-electron chi connectivity index (χ1n) is 13.2. The molecule has 0 heterocycles. The fraction of sp³-hybridized carbons (Fsp3) is 0.556. The quantitative estimate of drug-likeness (QED) is 0.144. The molecule has 0 saturated carbocycles. The van der Waals surface area contributed by atoms with Crippen molar-refractivity contribution in [2.75, 3.05) is 13.2 Å². The molecule has 0 radical (unpaired) electrons. The number of rotatable bonds is 14. The van der Waals surface area contributed by atoms with Gasteiger partial charge in [-0.15, -0.1) is 0 Å². The SMILES string of the molecule is CCOC(=O)CC[C@H](NC(=O)OCc1ccccc1)C(=O)N[C@H](CCC(=O)OCC)C(=O)NNC(=O)OC(C)(C)C. The predicted molar refractivity (Wildman–Crippen MR) is 145 cm³/mol. The van der Waals surface area contributed by atoms with Crippen LogP contribution in [0.25, 0.3) is 0 Å². The fourth-order valence-corrected chi connectivity index (χ4v) is 3.21. The van der Waals surface area contributed by atoms with E-state index in [2.05, 4.69) is 21.5 Å². The van der Waals surface area contributed by atoms with E-state index in [1.807, 2.05) is 0 Å². The first-order valence-corrected chi connectivity index (χ1v) is 13.2. The summed E-state index contributed by atoms with van der Waals surface area (Å²) in [5.41, 5.74) is 4.09. The lowest BCUT2D eigenvalue weighted by Crippen LogP contribution is -2.56. The standard InChI is InChI=1S/C27H40N4O10/c1-6-38-21(32)15-13-19(29-25(36)40-17-18-11-9-8-10-12-18)23(34)28-20(14-16-22(33)39-7-2)24(35)30-31-26(37)41-27(3,4)5/h8-12,19-20H,6-7,13-17H2,1-5H3,(H,28,34)(H,29,36)(H,30,35)(H,31,37)/t19-,20+/m0/s1. The Bertz CT molecular complexity index is 1030. The van der Waals surface area contributed by atoms with Crippen molar-refractivity contribution in [3.8, 4) is 0 Å². The molecule has 1 rings (SSSR count). The Kier molecular flexibility index (Phi) is 15.3. The van der Waals surface area contributed by atoms with Crippen molar-refractivity contribution < 1.29 is 47.7 Å². The minimum Gasteiger partial charge on any atom is -0.466 e. The van der Waals surface area contributed by atoms with Crippen LogP contribution in [0.15, 0.2) is 30.3 Å². The van der Waals surface area contributed by atoms with Crippen LogP contribution in [0.5, 0.6) is 0 Å². The third-order valence-corrected chi connectivity index (χ3v) is 5.03. The van der Waals surface area contributed by atoms with Crippen LogP contribution in [0.2, 0.25) is 0 Å². The minimum atomic E-state index is -1.34. The molecule has 1 aromatic carbocycles. The lowest BCUT2D eigenvalue weighted by molar-refractivity contribution is -0.145. The van der Waals surface area contributed by atoms with Gasteiger partial charge in [-0.05, 0) is 53.0 Å². The molecule has 0 bridgehead atoms. The van der Waals surface area contributed by atoms with Gasteiger partial charge in [-0.25, -0.2) is 15.0 Å². The molecule has 2 atom stereocenters. The second-order valence-electron chi connectivity index (χ2n) is 9.62. The second-order valence-corrected chi connectivity index (χ2v) is 9.62. The zero-order valence-electron chi connectivity index (χ0n) is 24.1. The summed E-state index contributed by atoms with van der Waals surface area (Å²) in [5.74, 6) is -2.92. The largest absolute Gasteiger partial charge is 0.466 e. The molecule has 0 aliphatic rings. The number of carbonyl (C=O) groups excluding carboxylic acids is 6. The van der Waals surface area contributed by atoms with Gasteiger partial charge in [0, 0.05) is 12.8 Å². The molecule has 4 N–H and O–H groups in total. The normalized spacial score (nSPS) is 12.1. The van der Waals surface area contributed by atoms with Gasteiger partial charge in [0.25, 0.3) is 5.91 Å². The average molecular weight is 581 g/mol. The first-order chi connectivity index (χ1) is 19.3. The van der Waals surface area contributed by atoms with E-state index in [4.69, 9.17) is 18.9 Å². The summed E-state index contributed by atoms with van der Waals surface area (Å²) in [4.78, 5) is 74.3. The Morgan fingerprint density at radius 3 is 1.76 bits per heavy atom. The van der Waals surface area contributed by atoms with Gasteiger partial charge in [-0.3, -0.25) is 24.6 Å². The van der Waals surface area contributed by atoms with Crippen molar-refractivity contribution in [3.05, 3.63) is 35.9 Å². The molecule has 1 aromatic rings. The maximum atomic E-state index is 13.2. The van der Waals surface area contributed by atoms with Crippen molar-refractivity contribution >= 4 is 35.9 Å². The van der Waals surface area contributed by atoms with Gasteiger partial charge in [0.05, 0.1) is 13.2 Å². The van der Waals surface area contributed by atoms with Crippen LogP contribution in [-0.4, -0.2) is 66.8 Å². The van der Waals surface area contributed by atoms with Crippen LogP contribution < -0.4 is 21.5 Å². The molecule has 0 aromatic heterocycles. The van der Waals surface area contributed by atoms with Crippen molar-refractivity contribution in [2.45, 2.75) is 84.6 Å². The molecular formula is C27H40N4O10. The average Bonchev–Trinajstić information content (AvgIpc) is 2.90. The van der Waals surface area contributed by atoms with Crippen LogP contribution >= 0.6 is 0 Å². The van der Waals surface area contributed by atoms with Gasteiger partial charge >= 0.3 is 24.1 Å². The van der Waals surface area contributed by atoms with E-state index >= 15 is 0 Å². The number of ether oxygens (including phenoxy) is 4. The summed E-state index contributed by atoms with van der Waals surface area (Å²) >= 11 is 0. The number of carbonyl (C=O) groups is 6. The molecule has 228 valence electrons. The van der Waals surface area contributed by atoms with Crippen LogP contribution in [-0.2, 0) is 44.7 Å². The Morgan fingerprint density at radius 1 is 0.707 bits per heavy atom. The molecule has 0 fully saturated rings. The number of nitrogens with one attached hydrogen (secondary N) is 4. The molecule has 4 amide bonds. The summed E-state index contributed by atoms with van der Waals surface area (Å²) in [5, 5.41) is 4.84. The van der Waals surface area contributed by atoms with E-state index in [0.29, 0.717) is 5.56 Å². The highest BCUT2D eigenvalue weighted by Gasteiger charge is 2.29. The van der Waals surface area contributed by atoms with Crippen molar-refractivity contribution in [2.24, 2.45) is 0 Å². The van der Waals surface area contributed by atoms with E-state index in [1.165, 1.54) is 0 Å². The maximum absolute atomic E-state index is 13.2. The summed E-state index contributed by atoms with van der Waals surface area (Å²) < 4.78 is 20.0. The maximum Gasteiger partial charge on any atom is 0.426 e. The van der Waals surface area contributed by atoms with Gasteiger partial charge in [0.2, 0.25) is 5.91 Å². The van der Waals surface area contributed by atoms with Crippen LogP contribution in [0, 0.1) is 0 Å². The third kappa shape index (κ3) is 15.7. The minimum absolute atomic E-state index is 0.0696. The van der Waals surface area contributed by atoms with E-state index in [9.17, 15) is 28.8 Å². The van der Waals surface area contributed by atoms with Gasteiger partial charge in [-0.2, -0.15) is 0 Å². The van der Waals surface area contributed by atoms with Gasteiger partial charge in [-0.1, -0.05) is 30.3 Å². The molecule has 41 heavy (non-hydrogen) atoms. The summed E-state index contributed by atoms with van der Waals surface area (Å²) in [6.07, 6.45) is -2.71. The number of hydrogen-bond donors (Lipinski definition) is 4. The van der Waals surface area contributed by atoms with E-state index in [1.54, 1.807) is 65.0 Å². The number of hydrogen-bond acceptors (Lipinski definition) is 10. The van der Waals surface area contributed by atoms with Gasteiger partial charge in [0.1, 0.15) is 24.3 Å². The lowest BCUT2D eigenvalue weighted by Gasteiger charge is -2.24. The molecule has 0 aliphatic heterocycles. The van der Waals surface area contributed by atoms with Crippen LogP contribution in [0.4, 0.5) is 9.59 Å². The molecular weight excluding hydrogens is 540 g/mol. The monoisotopic (exact) mass is 580 g/mol. The van der Waals surface area contributed by atoms with Crippen LogP contribution in [0.1, 0.15) is 65.9 Å². The number of amides is 4. The summed E-state index contributed by atoms with van der Waals surface area (Å²) in [6, 6.07) is 6.19. The third-order valence-electron chi connectivity index (χ3n) is 5.03. The van der Waals surface area contributed by atoms with Crippen LogP contribution in [0.3, 0.4) is 0 Å². The highest BCUT2D eigenvalue weighted by atomic mass is 16.6. The predicted octanol–water partition coefficient (Wildman–Crippen LogP) is 2.01. The number of alkyl carbamates (subject to hydrolysis) is 1. The smallest absolute Gasteiger partial charge is 0.426 e. The number of esters is 2. The molecule has 0 spiro atoms. The lowest BCUT2D eigenvalue weighted by atomic mass is 10.1. The summed E-state index contributed by atoms with van der Waals surface area (Å²) in [7, 11) is 0. The molecule has 14 heteroatoms. The number of hydrazine groups is 1. The Morgan fingerprint density at radius 2 is 1.24 bits per heavy atom. The molecule has 0 aliphatic carbocycles. The number of benzene rings is 1. The first kappa shape index (κ1) is 34.7. The van der Waals surface area contributed by atoms with Gasteiger partial charge < -0.3 is 29.6 Å². The molecule has 0 unspecified atom stereocenters. The van der Waals surface area contributed by atoms with Crippen molar-refractivity contribution in [1.29, 1.82) is 0 Å². The van der Waals surface area contributed by atoms with Gasteiger partial charge in [0.15, 0.2) is 0 Å².